The van der Waals surface area contributed by atoms with Crippen LogP contribution in [0.1, 0.15) is 31.1 Å². The Bertz CT molecular complexity index is 970. The summed E-state index contributed by atoms with van der Waals surface area (Å²) in [6.45, 7) is 0. The minimum atomic E-state index is -0.461. The van der Waals surface area contributed by atoms with Crippen LogP contribution < -0.4 is 5.32 Å². The predicted molar refractivity (Wildman–Crippen MR) is 101 cm³/mol. The second-order valence-corrected chi connectivity index (χ2v) is 5.43. The number of hydrogen-bond acceptors (Lipinski definition) is 4. The minimum absolute atomic E-state index is 0. The smallest absolute Gasteiger partial charge is 0.337 e. The number of esters is 1. The summed E-state index contributed by atoms with van der Waals surface area (Å²) in [6.07, 6.45) is 0.646. The van der Waals surface area contributed by atoms with Gasteiger partial charge in [0, 0.05) is 40.8 Å². The van der Waals surface area contributed by atoms with Crippen molar-refractivity contribution >= 4 is 64.2 Å². The Hall–Kier alpha value is -2.47. The van der Waals surface area contributed by atoms with Gasteiger partial charge in [0.15, 0.2) is 6.29 Å². The Morgan fingerprint density at radius 3 is 2.35 bits per heavy atom. The topological polar surface area (TPSA) is 72.5 Å². The van der Waals surface area contributed by atoms with Crippen molar-refractivity contribution in [1.82, 2.24) is 0 Å². The largest absolute Gasteiger partial charge is 0.465 e. The van der Waals surface area contributed by atoms with Gasteiger partial charge in [0.2, 0.25) is 0 Å². The molecule has 0 heterocycles. The summed E-state index contributed by atoms with van der Waals surface area (Å²) in [6, 6.07) is 17.2. The van der Waals surface area contributed by atoms with Crippen molar-refractivity contribution in [2.45, 2.75) is 0 Å². The van der Waals surface area contributed by atoms with Crippen LogP contribution >= 0.6 is 0 Å². The van der Waals surface area contributed by atoms with Crippen molar-refractivity contribution in [3.05, 3.63) is 77.4 Å². The van der Waals surface area contributed by atoms with Crippen molar-refractivity contribution in [2.75, 3.05) is 12.4 Å². The van der Waals surface area contributed by atoms with E-state index >= 15 is 0 Å². The Kier molecular flexibility index (Phi) is 6.69. The first-order valence-corrected chi connectivity index (χ1v) is 7.60. The molecule has 0 unspecified atom stereocenters. The van der Waals surface area contributed by atoms with Gasteiger partial charge in [0.1, 0.15) is 0 Å². The van der Waals surface area contributed by atoms with E-state index in [4.69, 9.17) is 4.74 Å². The van der Waals surface area contributed by atoms with Gasteiger partial charge in [-0.25, -0.2) is 4.79 Å². The Balaban J connectivity index is 0.00000243. The average Bonchev–Trinajstić information content (AvgIpc) is 2.66. The third-order valence-corrected chi connectivity index (χ3v) is 3.83. The number of carbonyl (C=O) groups is 3. The van der Waals surface area contributed by atoms with E-state index in [0.717, 1.165) is 5.39 Å². The van der Waals surface area contributed by atoms with Crippen molar-refractivity contribution in [1.29, 1.82) is 0 Å². The molecule has 0 saturated carbocycles. The molecule has 5 nitrogen and oxygen atoms in total. The van der Waals surface area contributed by atoms with E-state index in [0.29, 0.717) is 22.9 Å². The number of amides is 1. The summed E-state index contributed by atoms with van der Waals surface area (Å²) < 4.78 is 4.71. The van der Waals surface area contributed by atoms with Gasteiger partial charge in [-0.05, 0) is 47.2 Å². The van der Waals surface area contributed by atoms with Gasteiger partial charge in [0.05, 0.1) is 18.2 Å². The van der Waals surface area contributed by atoms with Gasteiger partial charge in [-0.3, -0.25) is 9.59 Å². The molecule has 0 saturated heterocycles. The van der Waals surface area contributed by atoms with E-state index in [2.05, 4.69) is 5.32 Å². The van der Waals surface area contributed by atoms with E-state index in [1.54, 1.807) is 54.6 Å². The molecule has 1 radical (unpaired) electrons. The number of rotatable bonds is 4. The molecular formula is C20H15NNaO4. The molecule has 3 aromatic rings. The maximum Gasteiger partial charge on any atom is 0.337 e. The molecule has 1 amide bonds. The molecule has 0 fully saturated rings. The first kappa shape index (κ1) is 19.8. The van der Waals surface area contributed by atoms with E-state index in [9.17, 15) is 14.4 Å². The fraction of sp³-hybridized carbons (Fsp3) is 0.0500. The summed E-state index contributed by atoms with van der Waals surface area (Å²) in [7, 11) is 1.31. The quantitative estimate of drug-likeness (QED) is 0.442. The van der Waals surface area contributed by atoms with Crippen LogP contribution in [-0.2, 0) is 4.74 Å². The summed E-state index contributed by atoms with van der Waals surface area (Å²) in [5.74, 6) is -0.852. The van der Waals surface area contributed by atoms with Crippen LogP contribution in [0.2, 0.25) is 0 Å². The molecule has 3 aromatic carbocycles. The predicted octanol–water partition coefficient (Wildman–Crippen LogP) is 3.31. The van der Waals surface area contributed by atoms with Gasteiger partial charge in [-0.15, -0.1) is 0 Å². The van der Waals surface area contributed by atoms with Crippen LogP contribution in [0.3, 0.4) is 0 Å². The molecule has 3 rings (SSSR count). The number of para-hydroxylation sites is 1. The van der Waals surface area contributed by atoms with Crippen LogP contribution in [0.25, 0.3) is 10.8 Å². The van der Waals surface area contributed by atoms with Crippen molar-refractivity contribution in [2.24, 2.45) is 0 Å². The zero-order valence-corrected chi connectivity index (χ0v) is 16.5. The summed E-state index contributed by atoms with van der Waals surface area (Å²) in [5.41, 5.74) is 1.54. The van der Waals surface area contributed by atoms with Crippen LogP contribution in [0, 0.1) is 0 Å². The molecule has 26 heavy (non-hydrogen) atoms. The van der Waals surface area contributed by atoms with E-state index in [1.165, 1.54) is 7.11 Å². The third-order valence-electron chi connectivity index (χ3n) is 3.83. The summed E-state index contributed by atoms with van der Waals surface area (Å²) >= 11 is 0. The SMILES string of the molecule is COC(=O)c1ccc2cc(C=O)c(C(=O)Nc3ccccc3)cc2c1.[Na]. The van der Waals surface area contributed by atoms with Gasteiger partial charge in [-0.1, -0.05) is 24.3 Å². The molecule has 0 aliphatic heterocycles. The molecule has 6 heteroatoms. The first-order chi connectivity index (χ1) is 12.1. The van der Waals surface area contributed by atoms with Crippen molar-refractivity contribution in [3.8, 4) is 0 Å². The fourth-order valence-corrected chi connectivity index (χ4v) is 2.57. The number of anilines is 1. The number of fused-ring (bicyclic) bond motifs is 1. The zero-order chi connectivity index (χ0) is 17.8. The molecule has 0 atom stereocenters. The van der Waals surface area contributed by atoms with E-state index < -0.39 is 11.9 Å². The first-order valence-electron chi connectivity index (χ1n) is 7.60. The molecule has 0 bridgehead atoms. The van der Waals surface area contributed by atoms with E-state index in [1.807, 2.05) is 6.07 Å². The van der Waals surface area contributed by atoms with Crippen molar-refractivity contribution < 1.29 is 19.1 Å². The number of benzene rings is 3. The molecule has 125 valence electrons. The molecular weight excluding hydrogens is 341 g/mol. The van der Waals surface area contributed by atoms with Gasteiger partial charge in [0.25, 0.3) is 5.91 Å². The maximum atomic E-state index is 12.6. The average molecular weight is 356 g/mol. The van der Waals surface area contributed by atoms with Crippen LogP contribution in [0.15, 0.2) is 60.7 Å². The Labute approximate surface area is 172 Å². The molecule has 0 spiro atoms. The number of ether oxygens (including phenoxy) is 1. The molecule has 0 aliphatic rings. The Morgan fingerprint density at radius 1 is 0.962 bits per heavy atom. The van der Waals surface area contributed by atoms with Crippen LogP contribution in [-0.4, -0.2) is 54.8 Å². The van der Waals surface area contributed by atoms with Crippen LogP contribution in [0.5, 0.6) is 0 Å². The second-order valence-electron chi connectivity index (χ2n) is 5.43. The summed E-state index contributed by atoms with van der Waals surface area (Å²) in [5, 5.41) is 4.19. The number of hydrogen-bond donors (Lipinski definition) is 1. The van der Waals surface area contributed by atoms with Crippen LogP contribution in [0.4, 0.5) is 5.69 Å². The fourth-order valence-electron chi connectivity index (χ4n) is 2.57. The number of carbonyl (C=O) groups excluding carboxylic acids is 3. The second kappa shape index (κ2) is 8.76. The number of methoxy groups -OCH3 is 1. The standard InChI is InChI=1S/C20H15NO4.Na/c1-25-20(24)14-8-7-13-9-16(12-22)18(11-15(13)10-14)19(23)21-17-5-3-2-4-6-17;/h2-12H,1H3,(H,21,23);. The third kappa shape index (κ3) is 4.19. The number of aldehydes is 1. The maximum absolute atomic E-state index is 12.6. The Morgan fingerprint density at radius 2 is 1.69 bits per heavy atom. The van der Waals surface area contributed by atoms with Gasteiger partial charge >= 0.3 is 5.97 Å². The van der Waals surface area contributed by atoms with Crippen molar-refractivity contribution in [3.63, 3.8) is 0 Å². The summed E-state index contributed by atoms with van der Waals surface area (Å²) in [4.78, 5) is 35.6. The normalized spacial score (nSPS) is 9.88. The molecule has 0 aromatic heterocycles. The zero-order valence-electron chi connectivity index (χ0n) is 14.5. The minimum Gasteiger partial charge on any atom is -0.465 e. The van der Waals surface area contributed by atoms with Gasteiger partial charge < -0.3 is 10.1 Å². The van der Waals surface area contributed by atoms with E-state index in [-0.39, 0.29) is 40.7 Å². The number of nitrogens with one attached hydrogen (secondary N) is 1. The van der Waals surface area contributed by atoms with Gasteiger partial charge in [-0.2, -0.15) is 0 Å². The molecule has 1 N–H and O–H groups in total. The molecule has 0 aliphatic carbocycles. The monoisotopic (exact) mass is 356 g/mol.